The third-order valence-electron chi connectivity index (χ3n) is 2.10. The lowest BCUT2D eigenvalue weighted by Gasteiger charge is -2.15. The standard InChI is InChI=1S/C10H8F5NO4/c1-19-5(17)2-4-3-16-6(9(11)12)7(18)8(4)20-10(13,14)15/h3,9,18H,2H2,1H3. The fraction of sp³-hybridized carbons (Fsp3) is 0.400. The monoisotopic (exact) mass is 301 g/mol. The maximum Gasteiger partial charge on any atom is 0.573 e. The van der Waals surface area contributed by atoms with Crippen molar-refractivity contribution in [1.82, 2.24) is 4.98 Å². The number of carbonyl (C=O) groups is 1. The predicted molar refractivity (Wildman–Crippen MR) is 53.3 cm³/mol. The number of alkyl halides is 5. The molecule has 0 aliphatic heterocycles. The number of halogens is 5. The Morgan fingerprint density at radius 1 is 1.45 bits per heavy atom. The van der Waals surface area contributed by atoms with Gasteiger partial charge in [0.05, 0.1) is 13.5 Å². The summed E-state index contributed by atoms with van der Waals surface area (Å²) in [5, 5.41) is 9.37. The van der Waals surface area contributed by atoms with Crippen molar-refractivity contribution in [2.45, 2.75) is 19.2 Å². The summed E-state index contributed by atoms with van der Waals surface area (Å²) in [6, 6.07) is 0. The summed E-state index contributed by atoms with van der Waals surface area (Å²) < 4.78 is 69.2. The molecule has 5 nitrogen and oxygen atoms in total. The molecular formula is C10H8F5NO4. The number of pyridine rings is 1. The molecule has 0 aromatic carbocycles. The van der Waals surface area contributed by atoms with Crippen LogP contribution in [0.3, 0.4) is 0 Å². The minimum atomic E-state index is -5.23. The average Bonchev–Trinajstić information content (AvgIpc) is 2.31. The fourth-order valence-corrected chi connectivity index (χ4v) is 1.28. The van der Waals surface area contributed by atoms with Crippen LogP contribution in [0.4, 0.5) is 22.0 Å². The maximum absolute atomic E-state index is 12.5. The van der Waals surface area contributed by atoms with Gasteiger partial charge in [-0.2, -0.15) is 0 Å². The minimum absolute atomic E-state index is 0.531. The Bertz CT molecular complexity index is 503. The molecular weight excluding hydrogens is 293 g/mol. The van der Waals surface area contributed by atoms with Gasteiger partial charge in [-0.3, -0.25) is 9.78 Å². The number of aromatic nitrogens is 1. The molecule has 1 heterocycles. The Morgan fingerprint density at radius 3 is 2.50 bits per heavy atom. The Hall–Kier alpha value is -2.13. The zero-order valence-corrected chi connectivity index (χ0v) is 9.87. The first-order valence-corrected chi connectivity index (χ1v) is 4.97. The van der Waals surface area contributed by atoms with Gasteiger partial charge in [-0.1, -0.05) is 0 Å². The van der Waals surface area contributed by atoms with Crippen molar-refractivity contribution in [3.63, 3.8) is 0 Å². The molecule has 10 heteroatoms. The molecule has 0 radical (unpaired) electrons. The van der Waals surface area contributed by atoms with Gasteiger partial charge in [-0.25, -0.2) is 8.78 Å². The van der Waals surface area contributed by atoms with Crippen LogP contribution in [0.1, 0.15) is 17.7 Å². The number of ether oxygens (including phenoxy) is 2. The highest BCUT2D eigenvalue weighted by atomic mass is 19.4. The predicted octanol–water partition coefficient (Wildman–Crippen LogP) is 2.34. The lowest BCUT2D eigenvalue weighted by atomic mass is 10.1. The molecule has 0 saturated heterocycles. The Kier molecular flexibility index (Phi) is 4.69. The maximum atomic E-state index is 12.5. The summed E-state index contributed by atoms with van der Waals surface area (Å²) in [6.07, 6.45) is -8.69. The summed E-state index contributed by atoms with van der Waals surface area (Å²) in [4.78, 5) is 14.1. The van der Waals surface area contributed by atoms with Crippen LogP contribution in [0.2, 0.25) is 0 Å². The molecule has 0 aliphatic carbocycles. The molecule has 0 aliphatic rings. The van der Waals surface area contributed by atoms with Gasteiger partial charge in [-0.15, -0.1) is 13.2 Å². The van der Waals surface area contributed by atoms with Gasteiger partial charge in [0.1, 0.15) is 0 Å². The largest absolute Gasteiger partial charge is 0.573 e. The Morgan fingerprint density at radius 2 is 2.05 bits per heavy atom. The first-order valence-electron chi connectivity index (χ1n) is 4.97. The summed E-state index contributed by atoms with van der Waals surface area (Å²) in [6.45, 7) is 0. The van der Waals surface area contributed by atoms with Gasteiger partial charge in [0.2, 0.25) is 0 Å². The highest BCUT2D eigenvalue weighted by Gasteiger charge is 2.35. The molecule has 20 heavy (non-hydrogen) atoms. The van der Waals surface area contributed by atoms with Crippen LogP contribution >= 0.6 is 0 Å². The van der Waals surface area contributed by atoms with E-state index in [1.165, 1.54) is 0 Å². The van der Waals surface area contributed by atoms with Crippen molar-refractivity contribution in [3.8, 4) is 11.5 Å². The van der Waals surface area contributed by atoms with Gasteiger partial charge in [0.25, 0.3) is 6.43 Å². The lowest BCUT2D eigenvalue weighted by molar-refractivity contribution is -0.275. The smallest absolute Gasteiger partial charge is 0.503 e. The van der Waals surface area contributed by atoms with Crippen molar-refractivity contribution >= 4 is 5.97 Å². The molecule has 1 rings (SSSR count). The lowest BCUT2D eigenvalue weighted by Crippen LogP contribution is -2.19. The third-order valence-corrected chi connectivity index (χ3v) is 2.10. The van der Waals surface area contributed by atoms with E-state index in [9.17, 15) is 31.9 Å². The van der Waals surface area contributed by atoms with E-state index in [2.05, 4.69) is 14.5 Å². The van der Waals surface area contributed by atoms with Crippen molar-refractivity contribution < 1.29 is 41.3 Å². The van der Waals surface area contributed by atoms with E-state index in [1.807, 2.05) is 0 Å². The number of hydrogen-bond donors (Lipinski definition) is 1. The van der Waals surface area contributed by atoms with E-state index in [0.29, 0.717) is 6.20 Å². The highest BCUT2D eigenvalue weighted by molar-refractivity contribution is 5.74. The average molecular weight is 301 g/mol. The first kappa shape index (κ1) is 15.9. The minimum Gasteiger partial charge on any atom is -0.503 e. The van der Waals surface area contributed by atoms with Crippen LogP contribution < -0.4 is 4.74 Å². The SMILES string of the molecule is COC(=O)Cc1cnc(C(F)F)c(O)c1OC(F)(F)F. The Balaban J connectivity index is 3.29. The van der Waals surface area contributed by atoms with Crippen molar-refractivity contribution in [2.24, 2.45) is 0 Å². The van der Waals surface area contributed by atoms with Gasteiger partial charge >= 0.3 is 12.3 Å². The van der Waals surface area contributed by atoms with Gasteiger partial charge in [0, 0.05) is 11.8 Å². The number of carbonyl (C=O) groups excluding carboxylic acids is 1. The molecule has 0 amide bonds. The van der Waals surface area contributed by atoms with Crippen LogP contribution in [0.25, 0.3) is 0 Å². The topological polar surface area (TPSA) is 68.7 Å². The number of methoxy groups -OCH3 is 1. The molecule has 0 spiro atoms. The quantitative estimate of drug-likeness (QED) is 0.683. The van der Waals surface area contributed by atoms with E-state index < -0.39 is 47.9 Å². The normalized spacial score (nSPS) is 11.6. The van der Waals surface area contributed by atoms with Crippen molar-refractivity contribution in [2.75, 3.05) is 7.11 Å². The summed E-state index contributed by atoms with van der Waals surface area (Å²) in [5.74, 6) is -3.73. The van der Waals surface area contributed by atoms with Crippen molar-refractivity contribution in [3.05, 3.63) is 17.5 Å². The second-order valence-corrected chi connectivity index (χ2v) is 3.45. The van der Waals surface area contributed by atoms with E-state index in [4.69, 9.17) is 0 Å². The molecule has 0 saturated carbocycles. The molecule has 0 fully saturated rings. The first-order chi connectivity index (χ1) is 9.15. The van der Waals surface area contributed by atoms with Gasteiger partial charge < -0.3 is 14.6 Å². The third kappa shape index (κ3) is 3.93. The molecule has 0 bridgehead atoms. The van der Waals surface area contributed by atoms with Crippen LogP contribution in [0.15, 0.2) is 6.20 Å². The zero-order valence-electron chi connectivity index (χ0n) is 9.87. The van der Waals surface area contributed by atoms with Crippen LogP contribution in [-0.2, 0) is 16.0 Å². The Labute approximate surface area is 108 Å². The molecule has 0 atom stereocenters. The number of hydrogen-bond acceptors (Lipinski definition) is 5. The van der Waals surface area contributed by atoms with E-state index in [-0.39, 0.29) is 0 Å². The van der Waals surface area contributed by atoms with E-state index in [0.717, 1.165) is 7.11 Å². The molecule has 112 valence electrons. The number of aromatic hydroxyl groups is 1. The van der Waals surface area contributed by atoms with E-state index >= 15 is 0 Å². The van der Waals surface area contributed by atoms with Crippen LogP contribution in [-0.4, -0.2) is 29.5 Å². The number of rotatable bonds is 4. The molecule has 1 aromatic rings. The second kappa shape index (κ2) is 5.88. The van der Waals surface area contributed by atoms with Crippen molar-refractivity contribution in [1.29, 1.82) is 0 Å². The fourth-order valence-electron chi connectivity index (χ4n) is 1.28. The second-order valence-electron chi connectivity index (χ2n) is 3.45. The van der Waals surface area contributed by atoms with Gasteiger partial charge in [-0.05, 0) is 0 Å². The van der Waals surface area contributed by atoms with Gasteiger partial charge in [0.15, 0.2) is 17.2 Å². The van der Waals surface area contributed by atoms with Crippen LogP contribution in [0.5, 0.6) is 11.5 Å². The number of nitrogens with zero attached hydrogens (tertiary/aromatic N) is 1. The zero-order chi connectivity index (χ0) is 15.5. The highest BCUT2D eigenvalue weighted by Crippen LogP contribution is 2.40. The molecule has 1 N–H and O–H groups in total. The summed E-state index contributed by atoms with van der Waals surface area (Å²) in [7, 11) is 0.980. The molecule has 0 unspecified atom stereocenters. The summed E-state index contributed by atoms with van der Waals surface area (Å²) in [5.41, 5.74) is -1.81. The summed E-state index contributed by atoms with van der Waals surface area (Å²) >= 11 is 0. The molecule has 1 aromatic heterocycles. The number of esters is 1. The van der Waals surface area contributed by atoms with Crippen LogP contribution in [0, 0.1) is 0 Å². The van der Waals surface area contributed by atoms with E-state index in [1.54, 1.807) is 0 Å².